The standard InChI is InChI=1S/C26H29ClFN5O4/c1-35-24-14-23-20(26(30-15-29-23)31-17-2-7-22(28)21(27)12-17)13-25(24)37-19-5-3-18(4-6-19)33(16-34)32-8-10-36-11-9-32/h2,7,12-16,18-19H,3-6,8-11H2,1H3,(H,29,30,31)/t18-,19+. The zero-order valence-electron chi connectivity index (χ0n) is 20.5. The van der Waals surface area contributed by atoms with Crippen molar-refractivity contribution in [3.05, 3.63) is 47.5 Å². The number of hydrogen-bond acceptors (Lipinski definition) is 8. The smallest absolute Gasteiger partial charge is 0.224 e. The lowest BCUT2D eigenvalue weighted by Crippen LogP contribution is -2.53. The number of amides is 1. The number of ether oxygens (including phenoxy) is 3. The molecule has 2 heterocycles. The van der Waals surface area contributed by atoms with Gasteiger partial charge in [0.2, 0.25) is 6.41 Å². The Morgan fingerprint density at radius 1 is 1.14 bits per heavy atom. The highest BCUT2D eigenvalue weighted by atomic mass is 35.5. The van der Waals surface area contributed by atoms with Crippen LogP contribution in [0.1, 0.15) is 25.7 Å². The van der Waals surface area contributed by atoms with E-state index < -0.39 is 5.82 Å². The Bertz CT molecular complexity index is 1250. The number of morpholine rings is 1. The van der Waals surface area contributed by atoms with Gasteiger partial charge in [-0.1, -0.05) is 11.6 Å². The maximum atomic E-state index is 13.6. The Morgan fingerprint density at radius 3 is 2.62 bits per heavy atom. The van der Waals surface area contributed by atoms with Crippen molar-refractivity contribution in [2.75, 3.05) is 38.7 Å². The van der Waals surface area contributed by atoms with E-state index in [1.54, 1.807) is 13.2 Å². The van der Waals surface area contributed by atoms with Crippen LogP contribution >= 0.6 is 11.6 Å². The van der Waals surface area contributed by atoms with Crippen LogP contribution in [0.25, 0.3) is 10.9 Å². The van der Waals surface area contributed by atoms with Gasteiger partial charge >= 0.3 is 0 Å². The van der Waals surface area contributed by atoms with E-state index in [9.17, 15) is 9.18 Å². The molecule has 1 saturated heterocycles. The molecule has 3 aromatic rings. The summed E-state index contributed by atoms with van der Waals surface area (Å²) in [6, 6.07) is 8.22. The molecule has 37 heavy (non-hydrogen) atoms. The Hall–Kier alpha value is -3.21. The Labute approximate surface area is 219 Å². The predicted molar refractivity (Wildman–Crippen MR) is 138 cm³/mol. The number of benzene rings is 2. The Kier molecular flexibility index (Phi) is 7.87. The molecule has 1 saturated carbocycles. The van der Waals surface area contributed by atoms with Crippen molar-refractivity contribution in [2.24, 2.45) is 0 Å². The van der Waals surface area contributed by atoms with E-state index in [-0.39, 0.29) is 17.2 Å². The molecule has 1 aliphatic heterocycles. The highest BCUT2D eigenvalue weighted by Gasteiger charge is 2.30. The molecule has 11 heteroatoms. The zero-order chi connectivity index (χ0) is 25.8. The number of methoxy groups -OCH3 is 1. The third-order valence-electron chi connectivity index (χ3n) is 6.84. The Balaban J connectivity index is 1.32. The molecular weight excluding hydrogens is 501 g/mol. The summed E-state index contributed by atoms with van der Waals surface area (Å²) >= 11 is 5.94. The number of hydrogen-bond donors (Lipinski definition) is 1. The first-order valence-corrected chi connectivity index (χ1v) is 12.7. The fourth-order valence-corrected chi connectivity index (χ4v) is 5.08. The van der Waals surface area contributed by atoms with Crippen molar-refractivity contribution in [3.8, 4) is 11.5 Å². The first-order chi connectivity index (χ1) is 18.1. The molecule has 1 N–H and O–H groups in total. The number of carbonyl (C=O) groups is 1. The molecule has 1 amide bonds. The molecule has 1 aromatic heterocycles. The van der Waals surface area contributed by atoms with Gasteiger partial charge in [0, 0.05) is 36.3 Å². The van der Waals surface area contributed by atoms with Crippen LogP contribution in [-0.4, -0.2) is 72.0 Å². The lowest BCUT2D eigenvalue weighted by molar-refractivity contribution is -0.153. The number of halogens is 2. The third-order valence-corrected chi connectivity index (χ3v) is 7.13. The van der Waals surface area contributed by atoms with Gasteiger partial charge in [-0.05, 0) is 49.9 Å². The van der Waals surface area contributed by atoms with E-state index in [0.29, 0.717) is 41.7 Å². The molecule has 2 fully saturated rings. The van der Waals surface area contributed by atoms with Gasteiger partial charge in [0.25, 0.3) is 0 Å². The summed E-state index contributed by atoms with van der Waals surface area (Å²) in [5.41, 5.74) is 1.27. The van der Waals surface area contributed by atoms with Crippen molar-refractivity contribution in [1.29, 1.82) is 0 Å². The number of nitrogens with one attached hydrogen (secondary N) is 1. The second-order valence-corrected chi connectivity index (χ2v) is 9.50. The molecule has 1 aliphatic carbocycles. The number of carbonyl (C=O) groups excluding carboxylic acids is 1. The van der Waals surface area contributed by atoms with Gasteiger partial charge < -0.3 is 19.5 Å². The molecule has 5 rings (SSSR count). The third kappa shape index (κ3) is 5.71. The van der Waals surface area contributed by atoms with Gasteiger partial charge in [-0.15, -0.1) is 0 Å². The number of fused-ring (bicyclic) bond motifs is 1. The summed E-state index contributed by atoms with van der Waals surface area (Å²) in [5.74, 6) is 1.22. The van der Waals surface area contributed by atoms with E-state index >= 15 is 0 Å². The van der Waals surface area contributed by atoms with Crippen molar-refractivity contribution >= 4 is 40.4 Å². The topological polar surface area (TPSA) is 89.1 Å². The van der Waals surface area contributed by atoms with Crippen molar-refractivity contribution in [3.63, 3.8) is 0 Å². The molecule has 0 bridgehead atoms. The lowest BCUT2D eigenvalue weighted by Gasteiger charge is -2.42. The molecule has 0 radical (unpaired) electrons. The summed E-state index contributed by atoms with van der Waals surface area (Å²) in [4.78, 5) is 20.6. The van der Waals surface area contributed by atoms with Crippen molar-refractivity contribution in [1.82, 2.24) is 20.0 Å². The Morgan fingerprint density at radius 2 is 1.92 bits per heavy atom. The maximum absolute atomic E-state index is 13.6. The van der Waals surface area contributed by atoms with Gasteiger partial charge in [0.15, 0.2) is 11.5 Å². The number of anilines is 2. The van der Waals surface area contributed by atoms with E-state index in [4.69, 9.17) is 25.8 Å². The minimum atomic E-state index is -0.490. The van der Waals surface area contributed by atoms with Crippen LogP contribution in [0, 0.1) is 5.82 Å². The second-order valence-electron chi connectivity index (χ2n) is 9.10. The molecule has 0 unspecified atom stereocenters. The largest absolute Gasteiger partial charge is 0.493 e. The van der Waals surface area contributed by atoms with Gasteiger partial charge in [-0.3, -0.25) is 9.80 Å². The van der Waals surface area contributed by atoms with E-state index in [0.717, 1.165) is 50.6 Å². The summed E-state index contributed by atoms with van der Waals surface area (Å²) in [7, 11) is 1.59. The highest BCUT2D eigenvalue weighted by Crippen LogP contribution is 2.37. The minimum Gasteiger partial charge on any atom is -0.493 e. The van der Waals surface area contributed by atoms with Crippen LogP contribution in [0.4, 0.5) is 15.9 Å². The number of rotatable bonds is 8. The number of nitrogens with zero attached hydrogens (tertiary/aromatic N) is 4. The van der Waals surface area contributed by atoms with Crippen LogP contribution in [0.5, 0.6) is 11.5 Å². The second kappa shape index (κ2) is 11.5. The van der Waals surface area contributed by atoms with Crippen LogP contribution in [0.3, 0.4) is 0 Å². The predicted octanol–water partition coefficient (Wildman–Crippen LogP) is 4.57. The van der Waals surface area contributed by atoms with Gasteiger partial charge in [-0.2, -0.15) is 0 Å². The fraction of sp³-hybridized carbons (Fsp3) is 0.423. The summed E-state index contributed by atoms with van der Waals surface area (Å²) in [6.07, 6.45) is 5.68. The van der Waals surface area contributed by atoms with E-state index in [2.05, 4.69) is 20.3 Å². The fourth-order valence-electron chi connectivity index (χ4n) is 4.90. The number of aromatic nitrogens is 2. The molecule has 9 nitrogen and oxygen atoms in total. The molecule has 0 spiro atoms. The molecule has 0 atom stereocenters. The number of hydrazine groups is 1. The van der Waals surface area contributed by atoms with E-state index in [1.165, 1.54) is 18.5 Å². The van der Waals surface area contributed by atoms with Crippen molar-refractivity contribution in [2.45, 2.75) is 37.8 Å². The van der Waals surface area contributed by atoms with Gasteiger partial charge in [-0.25, -0.2) is 19.4 Å². The van der Waals surface area contributed by atoms with Crippen LogP contribution < -0.4 is 14.8 Å². The van der Waals surface area contributed by atoms with Gasteiger partial charge in [0.1, 0.15) is 18.0 Å². The van der Waals surface area contributed by atoms with Crippen LogP contribution in [0.15, 0.2) is 36.7 Å². The zero-order valence-corrected chi connectivity index (χ0v) is 21.3. The average molecular weight is 530 g/mol. The first kappa shape index (κ1) is 25.4. The summed E-state index contributed by atoms with van der Waals surface area (Å²) in [6.45, 7) is 2.73. The molecule has 2 aliphatic rings. The average Bonchev–Trinajstić information content (AvgIpc) is 2.93. The summed E-state index contributed by atoms with van der Waals surface area (Å²) in [5, 5.41) is 7.86. The molecule has 196 valence electrons. The lowest BCUT2D eigenvalue weighted by atomic mass is 9.92. The van der Waals surface area contributed by atoms with Crippen LogP contribution in [-0.2, 0) is 9.53 Å². The quantitative estimate of drug-likeness (QED) is 0.424. The molecular formula is C26H29ClFN5O4. The monoisotopic (exact) mass is 529 g/mol. The first-order valence-electron chi connectivity index (χ1n) is 12.3. The normalized spacial score (nSPS) is 20.4. The maximum Gasteiger partial charge on any atom is 0.224 e. The summed E-state index contributed by atoms with van der Waals surface area (Å²) < 4.78 is 31.0. The SMILES string of the molecule is COc1cc2ncnc(Nc3ccc(F)c(Cl)c3)c2cc1O[C@H]1CC[C@@H](N(C=O)N2CCOCC2)CC1. The molecule has 2 aromatic carbocycles. The van der Waals surface area contributed by atoms with Gasteiger partial charge in [0.05, 0.1) is 37.0 Å². The van der Waals surface area contributed by atoms with Crippen molar-refractivity contribution < 1.29 is 23.4 Å². The van der Waals surface area contributed by atoms with Crippen LogP contribution in [0.2, 0.25) is 5.02 Å². The minimum absolute atomic E-state index is 0.0160. The van der Waals surface area contributed by atoms with E-state index in [1.807, 2.05) is 17.1 Å². The highest BCUT2D eigenvalue weighted by molar-refractivity contribution is 6.31.